The Kier molecular flexibility index (Phi) is 1.78. The van der Waals surface area contributed by atoms with Gasteiger partial charge in [-0.25, -0.2) is 8.42 Å². The maximum Gasteiger partial charge on any atom is 0.232 e. The summed E-state index contributed by atoms with van der Waals surface area (Å²) in [6.45, 7) is 1.98. The van der Waals surface area contributed by atoms with Crippen LogP contribution in [-0.2, 0) is 16.4 Å². The highest BCUT2D eigenvalue weighted by atomic mass is 32.2. The highest BCUT2D eigenvalue weighted by Gasteiger charge is 2.56. The molecule has 1 aliphatic heterocycles. The van der Waals surface area contributed by atoms with Crippen molar-refractivity contribution in [2.75, 3.05) is 10.6 Å². The molecule has 3 rings (SSSR count). The Bertz CT molecular complexity index is 558. The van der Waals surface area contributed by atoms with Crippen LogP contribution in [0.5, 0.6) is 0 Å². The Morgan fingerprint density at radius 3 is 2.56 bits per heavy atom. The van der Waals surface area contributed by atoms with E-state index in [-0.39, 0.29) is 5.54 Å². The normalized spacial score (nSPS) is 21.2. The third-order valence-electron chi connectivity index (χ3n) is 3.63. The van der Waals surface area contributed by atoms with E-state index in [9.17, 15) is 8.42 Å². The molecule has 16 heavy (non-hydrogen) atoms. The number of anilines is 1. The lowest BCUT2D eigenvalue weighted by atomic mass is 10.1. The topological polar surface area (TPSA) is 37.4 Å². The largest absolute Gasteiger partial charge is 0.263 e. The molecule has 0 bridgehead atoms. The fourth-order valence-electron chi connectivity index (χ4n) is 2.86. The molecule has 1 saturated carbocycles. The van der Waals surface area contributed by atoms with Gasteiger partial charge in [-0.1, -0.05) is 18.2 Å². The zero-order valence-electron chi connectivity index (χ0n) is 9.53. The average molecular weight is 237 g/mol. The van der Waals surface area contributed by atoms with Crippen LogP contribution in [-0.4, -0.2) is 20.2 Å². The Hall–Kier alpha value is -1.03. The number of para-hydroxylation sites is 1. The van der Waals surface area contributed by atoms with Crippen molar-refractivity contribution < 1.29 is 8.42 Å². The Labute approximate surface area is 96.1 Å². The first-order valence-electron chi connectivity index (χ1n) is 5.53. The van der Waals surface area contributed by atoms with Crippen LogP contribution in [0.3, 0.4) is 0 Å². The summed E-state index contributed by atoms with van der Waals surface area (Å²) in [7, 11) is -3.15. The van der Waals surface area contributed by atoms with Crippen LogP contribution in [0.1, 0.15) is 24.0 Å². The van der Waals surface area contributed by atoms with Gasteiger partial charge in [0.05, 0.1) is 17.5 Å². The predicted octanol–water partition coefficient (Wildman–Crippen LogP) is 1.85. The third kappa shape index (κ3) is 1.22. The number of sulfonamides is 1. The molecular formula is C12H15NO2S. The van der Waals surface area contributed by atoms with Gasteiger partial charge in [0.15, 0.2) is 0 Å². The van der Waals surface area contributed by atoms with Gasteiger partial charge in [0, 0.05) is 0 Å². The molecule has 0 amide bonds. The molecule has 1 heterocycles. The minimum Gasteiger partial charge on any atom is -0.263 e. The number of fused-ring (bicyclic) bond motifs is 1. The molecule has 0 unspecified atom stereocenters. The molecule has 0 N–H and O–H groups in total. The standard InChI is InChI=1S/C12H15NO2S/c1-9-4-3-5-10-8-12(6-7-12)13(11(9)10)16(2,14)15/h3-5H,6-8H2,1-2H3. The summed E-state index contributed by atoms with van der Waals surface area (Å²) < 4.78 is 25.5. The van der Waals surface area contributed by atoms with E-state index in [1.807, 2.05) is 25.1 Å². The Balaban J connectivity index is 2.25. The molecular weight excluding hydrogens is 222 g/mol. The van der Waals surface area contributed by atoms with Gasteiger partial charge in [0.25, 0.3) is 0 Å². The fourth-order valence-corrected chi connectivity index (χ4v) is 4.40. The number of hydrogen-bond donors (Lipinski definition) is 0. The van der Waals surface area contributed by atoms with Gasteiger partial charge in [-0.15, -0.1) is 0 Å². The first-order valence-corrected chi connectivity index (χ1v) is 7.38. The van der Waals surface area contributed by atoms with Crippen LogP contribution in [0.25, 0.3) is 0 Å². The van der Waals surface area contributed by atoms with Gasteiger partial charge in [-0.3, -0.25) is 4.31 Å². The number of hydrogen-bond acceptors (Lipinski definition) is 2. The first kappa shape index (κ1) is 10.1. The summed E-state index contributed by atoms with van der Waals surface area (Å²) in [5, 5.41) is 0. The molecule has 1 aliphatic carbocycles. The zero-order valence-corrected chi connectivity index (χ0v) is 10.3. The Morgan fingerprint density at radius 1 is 1.31 bits per heavy atom. The molecule has 0 saturated heterocycles. The molecule has 3 nitrogen and oxygen atoms in total. The van der Waals surface area contributed by atoms with Crippen LogP contribution < -0.4 is 4.31 Å². The van der Waals surface area contributed by atoms with Crippen LogP contribution >= 0.6 is 0 Å². The van der Waals surface area contributed by atoms with Crippen molar-refractivity contribution in [3.63, 3.8) is 0 Å². The molecule has 4 heteroatoms. The van der Waals surface area contributed by atoms with Crippen molar-refractivity contribution in [3.05, 3.63) is 29.3 Å². The van der Waals surface area contributed by atoms with E-state index in [0.29, 0.717) is 0 Å². The van der Waals surface area contributed by atoms with E-state index in [1.165, 1.54) is 11.8 Å². The molecule has 2 aliphatic rings. The molecule has 86 valence electrons. The van der Waals surface area contributed by atoms with Crippen molar-refractivity contribution in [1.29, 1.82) is 0 Å². The lowest BCUT2D eigenvalue weighted by Gasteiger charge is -2.25. The monoisotopic (exact) mass is 237 g/mol. The minimum atomic E-state index is -3.15. The van der Waals surface area contributed by atoms with Crippen LogP contribution in [0.4, 0.5) is 5.69 Å². The van der Waals surface area contributed by atoms with Gasteiger partial charge in [0.1, 0.15) is 0 Å². The number of aryl methyl sites for hydroxylation is 1. The number of nitrogens with zero attached hydrogens (tertiary/aromatic N) is 1. The molecule has 0 aromatic heterocycles. The van der Waals surface area contributed by atoms with Gasteiger partial charge >= 0.3 is 0 Å². The van der Waals surface area contributed by atoms with Crippen molar-refractivity contribution >= 4 is 15.7 Å². The van der Waals surface area contributed by atoms with Gasteiger partial charge in [-0.05, 0) is 37.3 Å². The van der Waals surface area contributed by atoms with Crippen molar-refractivity contribution in [2.45, 2.75) is 31.7 Å². The summed E-state index contributed by atoms with van der Waals surface area (Å²) in [6.07, 6.45) is 4.19. The number of rotatable bonds is 1. The predicted molar refractivity (Wildman–Crippen MR) is 64.2 cm³/mol. The summed E-state index contributed by atoms with van der Waals surface area (Å²) in [6, 6.07) is 6.04. The second kappa shape index (κ2) is 2.80. The van der Waals surface area contributed by atoms with Crippen LogP contribution in [0, 0.1) is 6.92 Å². The summed E-state index contributed by atoms with van der Waals surface area (Å²) >= 11 is 0. The van der Waals surface area contributed by atoms with E-state index >= 15 is 0 Å². The summed E-state index contributed by atoms with van der Waals surface area (Å²) in [5.41, 5.74) is 3.07. The molecule has 0 atom stereocenters. The minimum absolute atomic E-state index is 0.109. The average Bonchev–Trinajstić information content (AvgIpc) is 2.77. The maximum absolute atomic E-state index is 11.9. The van der Waals surface area contributed by atoms with Gasteiger partial charge in [0.2, 0.25) is 10.0 Å². The SMILES string of the molecule is Cc1cccc2c1N(S(C)(=O)=O)C1(CC1)C2. The van der Waals surface area contributed by atoms with Gasteiger partial charge < -0.3 is 0 Å². The lowest BCUT2D eigenvalue weighted by Crippen LogP contribution is -2.39. The first-order chi connectivity index (χ1) is 7.44. The summed E-state index contributed by atoms with van der Waals surface area (Å²) in [4.78, 5) is 0. The molecule has 0 radical (unpaired) electrons. The fraction of sp³-hybridized carbons (Fsp3) is 0.500. The van der Waals surface area contributed by atoms with Crippen molar-refractivity contribution in [2.24, 2.45) is 0 Å². The van der Waals surface area contributed by atoms with E-state index in [2.05, 4.69) is 0 Å². The zero-order chi connectivity index (χ0) is 11.6. The van der Waals surface area contributed by atoms with E-state index in [0.717, 1.165) is 30.5 Å². The summed E-state index contributed by atoms with van der Waals surface area (Å²) in [5.74, 6) is 0. The molecule has 1 aromatic rings. The van der Waals surface area contributed by atoms with Gasteiger partial charge in [-0.2, -0.15) is 0 Å². The molecule has 1 fully saturated rings. The van der Waals surface area contributed by atoms with Crippen LogP contribution in [0.2, 0.25) is 0 Å². The highest BCUT2D eigenvalue weighted by molar-refractivity contribution is 7.92. The Morgan fingerprint density at radius 2 is 2.00 bits per heavy atom. The molecule has 1 spiro atoms. The van der Waals surface area contributed by atoms with Crippen molar-refractivity contribution in [3.8, 4) is 0 Å². The van der Waals surface area contributed by atoms with E-state index in [1.54, 1.807) is 4.31 Å². The maximum atomic E-state index is 11.9. The van der Waals surface area contributed by atoms with Crippen LogP contribution in [0.15, 0.2) is 18.2 Å². The second-order valence-electron chi connectivity index (χ2n) is 5.01. The highest BCUT2D eigenvalue weighted by Crippen LogP contribution is 2.55. The number of benzene rings is 1. The van der Waals surface area contributed by atoms with E-state index < -0.39 is 10.0 Å². The smallest absolute Gasteiger partial charge is 0.232 e. The quantitative estimate of drug-likeness (QED) is 0.747. The van der Waals surface area contributed by atoms with E-state index in [4.69, 9.17) is 0 Å². The van der Waals surface area contributed by atoms with Crippen molar-refractivity contribution in [1.82, 2.24) is 0 Å². The lowest BCUT2D eigenvalue weighted by molar-refractivity contribution is 0.583. The third-order valence-corrected chi connectivity index (χ3v) is 4.87. The second-order valence-corrected chi connectivity index (χ2v) is 6.84. The molecule has 1 aromatic carbocycles.